The fourth-order valence-corrected chi connectivity index (χ4v) is 5.09. The summed E-state index contributed by atoms with van der Waals surface area (Å²) in [6.45, 7) is 4.60. The van der Waals surface area contributed by atoms with E-state index in [1.165, 1.54) is 22.5 Å². The molecule has 0 spiro atoms. The van der Waals surface area contributed by atoms with Gasteiger partial charge in [0.05, 0.1) is 10.5 Å². The topological polar surface area (TPSA) is 103 Å². The number of carbonyl (C=O) groups is 1. The summed E-state index contributed by atoms with van der Waals surface area (Å²) < 4.78 is 38.4. The summed E-state index contributed by atoms with van der Waals surface area (Å²) in [5, 5.41) is 8.01. The minimum Gasteiger partial charge on any atom is -0.449 e. The maximum absolute atomic E-state index is 12.9. The van der Waals surface area contributed by atoms with E-state index < -0.39 is 22.1 Å². The first-order valence-electron chi connectivity index (χ1n) is 10.6. The molecule has 0 unspecified atom stereocenters. The van der Waals surface area contributed by atoms with Gasteiger partial charge in [-0.1, -0.05) is 30.2 Å². The molecule has 168 valence electrons. The lowest BCUT2D eigenvalue weighted by molar-refractivity contribution is 0.0279. The molecule has 2 aromatic carbocycles. The number of hydrogen-bond acceptors (Lipinski definition) is 7. The molecule has 32 heavy (non-hydrogen) atoms. The van der Waals surface area contributed by atoms with Crippen LogP contribution in [-0.4, -0.2) is 42.0 Å². The maximum atomic E-state index is 12.9. The third-order valence-electron chi connectivity index (χ3n) is 5.39. The predicted octanol–water partition coefficient (Wildman–Crippen LogP) is 4.14. The van der Waals surface area contributed by atoms with E-state index in [0.29, 0.717) is 19.0 Å². The van der Waals surface area contributed by atoms with E-state index in [-0.39, 0.29) is 16.3 Å². The van der Waals surface area contributed by atoms with Crippen LogP contribution in [0.4, 0.5) is 0 Å². The molecular formula is C23H25N3O5S. The van der Waals surface area contributed by atoms with Gasteiger partial charge in [-0.2, -0.15) is 4.31 Å². The van der Waals surface area contributed by atoms with Crippen LogP contribution < -0.4 is 0 Å². The number of nitrogens with zero attached hydrogens (tertiary/aromatic N) is 3. The third kappa shape index (κ3) is 4.73. The highest BCUT2D eigenvalue weighted by Gasteiger charge is 2.27. The molecule has 2 heterocycles. The molecule has 1 aliphatic heterocycles. The Bertz CT molecular complexity index is 1200. The third-order valence-corrected chi connectivity index (χ3v) is 7.29. The van der Waals surface area contributed by atoms with Crippen LogP contribution in [0.5, 0.6) is 0 Å². The van der Waals surface area contributed by atoms with Crippen molar-refractivity contribution in [2.75, 3.05) is 13.1 Å². The SMILES string of the molecule is Cc1ccc(-c2nnc([C@@H](C)OC(=O)c3cccc(S(=O)(=O)N4CCCCC4)c3)o2)cc1. The van der Waals surface area contributed by atoms with E-state index in [1.807, 2.05) is 31.2 Å². The first kappa shape index (κ1) is 22.2. The minimum absolute atomic E-state index is 0.0842. The van der Waals surface area contributed by atoms with Gasteiger partial charge in [0, 0.05) is 18.7 Å². The Morgan fingerprint density at radius 1 is 1.06 bits per heavy atom. The number of hydrogen-bond donors (Lipinski definition) is 0. The number of aryl methyl sites for hydroxylation is 1. The predicted molar refractivity (Wildman–Crippen MR) is 117 cm³/mol. The van der Waals surface area contributed by atoms with Crippen molar-refractivity contribution >= 4 is 16.0 Å². The Labute approximate surface area is 187 Å². The fraction of sp³-hybridized carbons (Fsp3) is 0.348. The molecule has 0 N–H and O–H groups in total. The van der Waals surface area contributed by atoms with Crippen molar-refractivity contribution in [1.29, 1.82) is 0 Å². The normalized spacial score (nSPS) is 15.9. The molecule has 0 radical (unpaired) electrons. The Balaban J connectivity index is 1.47. The van der Waals surface area contributed by atoms with E-state index in [2.05, 4.69) is 10.2 Å². The van der Waals surface area contributed by atoms with Crippen molar-refractivity contribution < 1.29 is 22.4 Å². The number of sulfonamides is 1. The smallest absolute Gasteiger partial charge is 0.338 e. The summed E-state index contributed by atoms with van der Waals surface area (Å²) in [5.41, 5.74) is 2.03. The van der Waals surface area contributed by atoms with E-state index in [9.17, 15) is 13.2 Å². The van der Waals surface area contributed by atoms with Crippen LogP contribution in [0.15, 0.2) is 57.8 Å². The quantitative estimate of drug-likeness (QED) is 0.515. The summed E-state index contributed by atoms with van der Waals surface area (Å²) in [4.78, 5) is 12.8. The highest BCUT2D eigenvalue weighted by Crippen LogP contribution is 2.25. The van der Waals surface area contributed by atoms with E-state index >= 15 is 0 Å². The molecule has 1 fully saturated rings. The summed E-state index contributed by atoms with van der Waals surface area (Å²) in [7, 11) is -3.64. The molecular weight excluding hydrogens is 430 g/mol. The number of benzene rings is 2. The number of rotatable bonds is 6. The van der Waals surface area contributed by atoms with E-state index in [0.717, 1.165) is 30.4 Å². The van der Waals surface area contributed by atoms with Gasteiger partial charge in [0.2, 0.25) is 15.9 Å². The van der Waals surface area contributed by atoms with Gasteiger partial charge in [-0.3, -0.25) is 0 Å². The molecule has 1 aromatic heterocycles. The van der Waals surface area contributed by atoms with Crippen LogP contribution in [0.25, 0.3) is 11.5 Å². The van der Waals surface area contributed by atoms with Crippen LogP contribution in [0.2, 0.25) is 0 Å². The second-order valence-corrected chi connectivity index (χ2v) is 9.79. The second kappa shape index (κ2) is 9.22. The maximum Gasteiger partial charge on any atom is 0.338 e. The highest BCUT2D eigenvalue weighted by atomic mass is 32.2. The zero-order valence-electron chi connectivity index (χ0n) is 18.0. The Morgan fingerprint density at radius 2 is 1.78 bits per heavy atom. The van der Waals surface area contributed by atoms with Gasteiger partial charge >= 0.3 is 5.97 Å². The number of aromatic nitrogens is 2. The molecule has 1 saturated heterocycles. The summed E-state index contributed by atoms with van der Waals surface area (Å²) in [6, 6.07) is 13.5. The lowest BCUT2D eigenvalue weighted by atomic mass is 10.1. The molecule has 0 saturated carbocycles. The molecule has 0 aliphatic carbocycles. The second-order valence-electron chi connectivity index (χ2n) is 7.85. The van der Waals surface area contributed by atoms with Crippen LogP contribution in [0, 0.1) is 6.92 Å². The lowest BCUT2D eigenvalue weighted by Gasteiger charge is -2.26. The van der Waals surface area contributed by atoms with Crippen LogP contribution >= 0.6 is 0 Å². The van der Waals surface area contributed by atoms with Crippen molar-refractivity contribution in [2.24, 2.45) is 0 Å². The number of esters is 1. The molecule has 4 rings (SSSR count). The van der Waals surface area contributed by atoms with Crippen LogP contribution in [0.3, 0.4) is 0 Å². The van der Waals surface area contributed by atoms with Crippen molar-refractivity contribution in [2.45, 2.75) is 44.1 Å². The fourth-order valence-electron chi connectivity index (χ4n) is 3.53. The summed E-state index contributed by atoms with van der Waals surface area (Å²) in [5.74, 6) is -0.174. The van der Waals surface area contributed by atoms with Crippen LogP contribution in [-0.2, 0) is 14.8 Å². The highest BCUT2D eigenvalue weighted by molar-refractivity contribution is 7.89. The first-order chi connectivity index (χ1) is 15.3. The molecule has 9 heteroatoms. The summed E-state index contributed by atoms with van der Waals surface area (Å²) in [6.07, 6.45) is 1.91. The Morgan fingerprint density at radius 3 is 2.50 bits per heavy atom. The van der Waals surface area contributed by atoms with Crippen molar-refractivity contribution in [3.63, 3.8) is 0 Å². The van der Waals surface area contributed by atoms with Gasteiger partial charge in [0.1, 0.15) is 0 Å². The van der Waals surface area contributed by atoms with Crippen molar-refractivity contribution in [3.05, 3.63) is 65.5 Å². The monoisotopic (exact) mass is 455 g/mol. The summed E-state index contributed by atoms with van der Waals surface area (Å²) >= 11 is 0. The Hall–Kier alpha value is -3.04. The van der Waals surface area contributed by atoms with Gasteiger partial charge in [-0.25, -0.2) is 13.2 Å². The molecule has 1 aliphatic rings. The zero-order valence-corrected chi connectivity index (χ0v) is 18.8. The van der Waals surface area contributed by atoms with Gasteiger partial charge in [-0.15, -0.1) is 10.2 Å². The molecule has 0 amide bonds. The standard InChI is InChI=1S/C23H25N3O5S/c1-16-9-11-18(12-10-16)22-25-24-21(31-22)17(2)30-23(27)19-7-6-8-20(15-19)32(28,29)26-13-4-3-5-14-26/h6-12,15,17H,3-5,13-14H2,1-2H3/t17-/m1/s1. The largest absolute Gasteiger partial charge is 0.449 e. The number of carbonyl (C=O) groups excluding carboxylic acids is 1. The first-order valence-corrected chi connectivity index (χ1v) is 12.0. The lowest BCUT2D eigenvalue weighted by Crippen LogP contribution is -2.35. The Kier molecular flexibility index (Phi) is 6.38. The van der Waals surface area contributed by atoms with Gasteiger partial charge in [-0.05, 0) is 57.0 Å². The van der Waals surface area contributed by atoms with E-state index in [1.54, 1.807) is 13.0 Å². The molecule has 3 aromatic rings. The average molecular weight is 456 g/mol. The zero-order chi connectivity index (χ0) is 22.7. The van der Waals surface area contributed by atoms with Gasteiger partial charge in [0.25, 0.3) is 5.89 Å². The number of piperidine rings is 1. The molecule has 8 nitrogen and oxygen atoms in total. The van der Waals surface area contributed by atoms with Crippen LogP contribution in [0.1, 0.15) is 54.1 Å². The van der Waals surface area contributed by atoms with E-state index in [4.69, 9.17) is 9.15 Å². The molecule has 0 bridgehead atoms. The average Bonchev–Trinajstić information content (AvgIpc) is 3.31. The number of ether oxygens (including phenoxy) is 1. The van der Waals surface area contributed by atoms with Gasteiger partial charge < -0.3 is 9.15 Å². The van der Waals surface area contributed by atoms with Crippen molar-refractivity contribution in [3.8, 4) is 11.5 Å². The van der Waals surface area contributed by atoms with Crippen molar-refractivity contribution in [1.82, 2.24) is 14.5 Å². The minimum atomic E-state index is -3.64. The van der Waals surface area contributed by atoms with Gasteiger partial charge in [0.15, 0.2) is 6.10 Å². The molecule has 1 atom stereocenters.